The van der Waals surface area contributed by atoms with Crippen molar-refractivity contribution in [1.29, 1.82) is 0 Å². The van der Waals surface area contributed by atoms with Gasteiger partial charge in [-0.15, -0.1) is 0 Å². The topological polar surface area (TPSA) is 60.2 Å². The minimum absolute atomic E-state index is 0.00357. The Morgan fingerprint density at radius 2 is 1.85 bits per heavy atom. The first-order valence-corrected chi connectivity index (χ1v) is 6.79. The molecule has 0 spiro atoms. The van der Waals surface area contributed by atoms with Gasteiger partial charge in [0.2, 0.25) is 0 Å². The summed E-state index contributed by atoms with van der Waals surface area (Å²) in [6.07, 6.45) is 0.237. The van der Waals surface area contributed by atoms with E-state index >= 15 is 0 Å². The fraction of sp³-hybridized carbons (Fsp3) is 0.133. The summed E-state index contributed by atoms with van der Waals surface area (Å²) < 4.78 is 0.932. The van der Waals surface area contributed by atoms with E-state index in [1.165, 1.54) is 12.1 Å². The molecule has 0 unspecified atom stereocenters. The number of non-ortho nitro benzene ring substituents is 1. The van der Waals surface area contributed by atoms with Crippen LogP contribution in [0.1, 0.15) is 21.5 Å². The van der Waals surface area contributed by atoms with E-state index in [4.69, 9.17) is 0 Å². The van der Waals surface area contributed by atoms with Crippen molar-refractivity contribution in [2.75, 3.05) is 0 Å². The van der Waals surface area contributed by atoms with Gasteiger partial charge >= 0.3 is 0 Å². The summed E-state index contributed by atoms with van der Waals surface area (Å²) in [6, 6.07) is 11.6. The van der Waals surface area contributed by atoms with Gasteiger partial charge in [0.25, 0.3) is 5.69 Å². The first-order valence-electron chi connectivity index (χ1n) is 6.00. The van der Waals surface area contributed by atoms with Crippen LogP contribution < -0.4 is 0 Å². The zero-order chi connectivity index (χ0) is 14.7. The zero-order valence-corrected chi connectivity index (χ0v) is 12.4. The number of carbonyl (C=O) groups is 1. The van der Waals surface area contributed by atoms with Gasteiger partial charge in [-0.3, -0.25) is 14.9 Å². The molecule has 0 radical (unpaired) electrons. The second kappa shape index (κ2) is 5.96. The van der Waals surface area contributed by atoms with Gasteiger partial charge in [-0.05, 0) is 30.2 Å². The number of nitro benzene ring substituents is 1. The molecule has 102 valence electrons. The molecule has 4 nitrogen and oxygen atoms in total. The van der Waals surface area contributed by atoms with Crippen molar-refractivity contribution in [1.82, 2.24) is 0 Å². The fourth-order valence-electron chi connectivity index (χ4n) is 1.96. The van der Waals surface area contributed by atoms with Crippen molar-refractivity contribution in [2.45, 2.75) is 13.3 Å². The van der Waals surface area contributed by atoms with Crippen LogP contribution in [-0.4, -0.2) is 10.7 Å². The summed E-state index contributed by atoms with van der Waals surface area (Å²) in [5.74, 6) is 0.00357. The zero-order valence-electron chi connectivity index (χ0n) is 10.8. The maximum atomic E-state index is 12.2. The average molecular weight is 334 g/mol. The summed E-state index contributed by atoms with van der Waals surface area (Å²) in [5, 5.41) is 10.6. The third-order valence-corrected chi connectivity index (χ3v) is 3.49. The predicted molar refractivity (Wildman–Crippen MR) is 80.0 cm³/mol. The van der Waals surface area contributed by atoms with Crippen molar-refractivity contribution in [3.63, 3.8) is 0 Å². The molecule has 0 aliphatic rings. The lowest BCUT2D eigenvalue weighted by Crippen LogP contribution is -2.05. The number of halogens is 1. The number of aryl methyl sites for hydroxylation is 1. The van der Waals surface area contributed by atoms with E-state index in [0.29, 0.717) is 5.56 Å². The third-order valence-electron chi connectivity index (χ3n) is 3.00. The largest absolute Gasteiger partial charge is 0.294 e. The molecule has 0 aliphatic heterocycles. The van der Waals surface area contributed by atoms with Crippen LogP contribution in [0.5, 0.6) is 0 Å². The number of benzene rings is 2. The molecular weight excluding hydrogens is 322 g/mol. The molecule has 0 N–H and O–H groups in total. The second-order valence-electron chi connectivity index (χ2n) is 4.48. The van der Waals surface area contributed by atoms with Crippen molar-refractivity contribution >= 4 is 27.4 Å². The Balaban J connectivity index is 2.17. The molecule has 0 aromatic heterocycles. The van der Waals surface area contributed by atoms with Crippen LogP contribution in [0.2, 0.25) is 0 Å². The monoisotopic (exact) mass is 333 g/mol. The molecule has 0 atom stereocenters. The highest BCUT2D eigenvalue weighted by atomic mass is 79.9. The van der Waals surface area contributed by atoms with Crippen LogP contribution in [0, 0.1) is 17.0 Å². The fourth-order valence-corrected chi connectivity index (χ4v) is 2.43. The van der Waals surface area contributed by atoms with Crippen LogP contribution >= 0.6 is 15.9 Å². The second-order valence-corrected chi connectivity index (χ2v) is 5.40. The highest BCUT2D eigenvalue weighted by Gasteiger charge is 2.11. The number of hydrogen-bond acceptors (Lipinski definition) is 3. The number of ketones is 1. The summed E-state index contributed by atoms with van der Waals surface area (Å²) in [6.45, 7) is 1.88. The SMILES string of the molecule is Cc1cc(Br)ccc1C(=O)Cc1ccc([N+](=O)[O-])cc1. The van der Waals surface area contributed by atoms with E-state index in [1.54, 1.807) is 18.2 Å². The van der Waals surface area contributed by atoms with Gasteiger partial charge in [-0.2, -0.15) is 0 Å². The lowest BCUT2D eigenvalue weighted by Gasteiger charge is -2.05. The quantitative estimate of drug-likeness (QED) is 0.481. The average Bonchev–Trinajstić information content (AvgIpc) is 2.39. The molecule has 20 heavy (non-hydrogen) atoms. The molecular formula is C15H12BrNO3. The van der Waals surface area contributed by atoms with Gasteiger partial charge in [0.15, 0.2) is 5.78 Å². The minimum atomic E-state index is -0.454. The van der Waals surface area contributed by atoms with E-state index in [9.17, 15) is 14.9 Å². The smallest absolute Gasteiger partial charge is 0.269 e. The number of rotatable bonds is 4. The maximum Gasteiger partial charge on any atom is 0.269 e. The molecule has 2 aromatic carbocycles. The van der Waals surface area contributed by atoms with Crippen LogP contribution in [0.15, 0.2) is 46.9 Å². The maximum absolute atomic E-state index is 12.2. The molecule has 0 heterocycles. The van der Waals surface area contributed by atoms with Crippen LogP contribution in [0.3, 0.4) is 0 Å². The van der Waals surface area contributed by atoms with Crippen molar-refractivity contribution in [2.24, 2.45) is 0 Å². The third kappa shape index (κ3) is 3.30. The Bertz CT molecular complexity index is 665. The lowest BCUT2D eigenvalue weighted by molar-refractivity contribution is -0.384. The Hall–Kier alpha value is -2.01. The Morgan fingerprint density at radius 3 is 2.40 bits per heavy atom. The minimum Gasteiger partial charge on any atom is -0.294 e. The summed E-state index contributed by atoms with van der Waals surface area (Å²) in [5.41, 5.74) is 2.38. The van der Waals surface area contributed by atoms with E-state index < -0.39 is 4.92 Å². The van der Waals surface area contributed by atoms with E-state index in [2.05, 4.69) is 15.9 Å². The summed E-state index contributed by atoms with van der Waals surface area (Å²) in [4.78, 5) is 22.3. The van der Waals surface area contributed by atoms with Crippen molar-refractivity contribution in [3.05, 3.63) is 73.7 Å². The van der Waals surface area contributed by atoms with Crippen molar-refractivity contribution < 1.29 is 9.72 Å². The Morgan fingerprint density at radius 1 is 1.20 bits per heavy atom. The molecule has 0 saturated carbocycles. The first kappa shape index (κ1) is 14.4. The van der Waals surface area contributed by atoms with Gasteiger partial charge in [-0.1, -0.05) is 34.1 Å². The van der Waals surface area contributed by atoms with Crippen LogP contribution in [0.4, 0.5) is 5.69 Å². The normalized spacial score (nSPS) is 10.3. The van der Waals surface area contributed by atoms with Gasteiger partial charge < -0.3 is 0 Å². The van der Waals surface area contributed by atoms with Crippen molar-refractivity contribution in [3.8, 4) is 0 Å². The Labute approximate surface area is 124 Å². The first-order chi connectivity index (χ1) is 9.47. The highest BCUT2D eigenvalue weighted by Crippen LogP contribution is 2.19. The molecule has 5 heteroatoms. The standard InChI is InChI=1S/C15H12BrNO3/c1-10-8-12(16)4-7-14(10)15(18)9-11-2-5-13(6-3-11)17(19)20/h2-8H,9H2,1H3. The van der Waals surface area contributed by atoms with E-state index in [1.807, 2.05) is 19.1 Å². The molecule has 0 fully saturated rings. The molecule has 0 saturated heterocycles. The van der Waals surface area contributed by atoms with E-state index in [-0.39, 0.29) is 17.9 Å². The number of nitro groups is 1. The predicted octanol–water partition coefficient (Wildman–Crippen LogP) is 4.09. The van der Waals surface area contributed by atoms with Crippen LogP contribution in [-0.2, 0) is 6.42 Å². The molecule has 0 bridgehead atoms. The van der Waals surface area contributed by atoms with Crippen LogP contribution in [0.25, 0.3) is 0 Å². The molecule has 2 aromatic rings. The number of Topliss-reactive ketones (excluding diaryl/α,β-unsaturated/α-hetero) is 1. The molecule has 2 rings (SSSR count). The number of carbonyl (C=O) groups excluding carboxylic acids is 1. The molecule has 0 aliphatic carbocycles. The molecule has 0 amide bonds. The van der Waals surface area contributed by atoms with Gasteiger partial charge in [0.05, 0.1) is 4.92 Å². The highest BCUT2D eigenvalue weighted by molar-refractivity contribution is 9.10. The summed E-state index contributed by atoms with van der Waals surface area (Å²) in [7, 11) is 0. The van der Waals surface area contributed by atoms with Gasteiger partial charge in [-0.25, -0.2) is 0 Å². The van der Waals surface area contributed by atoms with Gasteiger partial charge in [0, 0.05) is 28.6 Å². The number of hydrogen-bond donors (Lipinski definition) is 0. The Kier molecular flexibility index (Phi) is 4.29. The summed E-state index contributed by atoms with van der Waals surface area (Å²) >= 11 is 3.36. The number of nitrogens with zero attached hydrogens (tertiary/aromatic N) is 1. The van der Waals surface area contributed by atoms with Gasteiger partial charge in [0.1, 0.15) is 0 Å². The lowest BCUT2D eigenvalue weighted by atomic mass is 9.99. The van der Waals surface area contributed by atoms with E-state index in [0.717, 1.165) is 15.6 Å².